The lowest BCUT2D eigenvalue weighted by Crippen LogP contribution is -2.42. The van der Waals surface area contributed by atoms with Gasteiger partial charge in [-0.2, -0.15) is 0 Å². The molecule has 34 heavy (non-hydrogen) atoms. The highest BCUT2D eigenvalue weighted by Crippen LogP contribution is 2.38. The molecule has 7 heteroatoms. The van der Waals surface area contributed by atoms with E-state index in [1.54, 1.807) is 18.2 Å². The van der Waals surface area contributed by atoms with Crippen molar-refractivity contribution in [1.82, 2.24) is 4.90 Å². The maximum absolute atomic E-state index is 13.1. The first-order valence-electron chi connectivity index (χ1n) is 12.6. The molecule has 6 nitrogen and oxygen atoms in total. The van der Waals surface area contributed by atoms with Gasteiger partial charge in [-0.05, 0) is 99.5 Å². The van der Waals surface area contributed by atoms with Crippen molar-refractivity contribution >= 4 is 27.3 Å². The minimum absolute atomic E-state index is 0.0599. The van der Waals surface area contributed by atoms with Crippen LogP contribution in [0.25, 0.3) is 0 Å². The number of hydrogen-bond acceptors (Lipinski definition) is 4. The van der Waals surface area contributed by atoms with Gasteiger partial charge in [-0.1, -0.05) is 25.5 Å². The highest BCUT2D eigenvalue weighted by molar-refractivity contribution is 7.92. The second-order valence-electron chi connectivity index (χ2n) is 10.4. The lowest BCUT2D eigenvalue weighted by molar-refractivity contribution is -0.125. The van der Waals surface area contributed by atoms with Gasteiger partial charge < -0.3 is 4.90 Å². The predicted octanol–water partition coefficient (Wildman–Crippen LogP) is 4.80. The lowest BCUT2D eigenvalue weighted by Gasteiger charge is -2.32. The summed E-state index contributed by atoms with van der Waals surface area (Å²) in [4.78, 5) is 17.5. The topological polar surface area (TPSA) is 69.7 Å². The Bertz CT molecular complexity index is 1150. The van der Waals surface area contributed by atoms with E-state index in [0.717, 1.165) is 56.1 Å². The standard InChI is InChI=1S/C27H35N3O3S/c1-19-12-14-29(15-13-19)18-21-6-8-24(9-7-21)28-34(32,33)25-10-11-26-23(17-25)16-20(2)30(26)27(31)22-4-3-5-22/h6-11,17,19-20,22,28H,3-5,12-16,18H2,1-2H3/t20-/m0/s1. The van der Waals surface area contributed by atoms with Gasteiger partial charge in [-0.3, -0.25) is 14.4 Å². The molecule has 0 aromatic heterocycles. The predicted molar refractivity (Wildman–Crippen MR) is 135 cm³/mol. The maximum Gasteiger partial charge on any atom is 0.261 e. The van der Waals surface area contributed by atoms with Crippen LogP contribution in [0, 0.1) is 11.8 Å². The zero-order valence-electron chi connectivity index (χ0n) is 20.2. The van der Waals surface area contributed by atoms with Gasteiger partial charge in [0.2, 0.25) is 5.91 Å². The van der Waals surface area contributed by atoms with E-state index in [1.807, 2.05) is 36.1 Å². The largest absolute Gasteiger partial charge is 0.309 e. The molecular formula is C27H35N3O3S. The first-order valence-corrected chi connectivity index (χ1v) is 14.1. The summed E-state index contributed by atoms with van der Waals surface area (Å²) in [7, 11) is -3.71. The molecule has 2 fully saturated rings. The van der Waals surface area contributed by atoms with E-state index in [1.165, 1.54) is 18.4 Å². The Balaban J connectivity index is 1.26. The van der Waals surface area contributed by atoms with Crippen LogP contribution in [0.2, 0.25) is 0 Å². The quantitative estimate of drug-likeness (QED) is 0.644. The minimum Gasteiger partial charge on any atom is -0.309 e. The molecule has 0 spiro atoms. The second kappa shape index (κ2) is 9.34. The summed E-state index contributed by atoms with van der Waals surface area (Å²) in [6, 6.07) is 12.9. The fraction of sp³-hybridized carbons (Fsp3) is 0.519. The summed E-state index contributed by atoms with van der Waals surface area (Å²) >= 11 is 0. The first kappa shape index (κ1) is 23.4. The van der Waals surface area contributed by atoms with E-state index in [0.29, 0.717) is 12.1 Å². The van der Waals surface area contributed by atoms with Crippen LogP contribution in [0.5, 0.6) is 0 Å². The third-order valence-corrected chi connectivity index (χ3v) is 9.14. The monoisotopic (exact) mass is 481 g/mol. The fourth-order valence-corrected chi connectivity index (χ4v) is 6.44. The Labute approximate surface area is 203 Å². The number of hydrogen-bond donors (Lipinski definition) is 1. The summed E-state index contributed by atoms with van der Waals surface area (Å²) in [5.74, 6) is 1.12. The van der Waals surface area contributed by atoms with Gasteiger partial charge in [0, 0.05) is 29.9 Å². The molecule has 1 aliphatic carbocycles. The minimum atomic E-state index is -3.71. The van der Waals surface area contributed by atoms with E-state index in [-0.39, 0.29) is 22.8 Å². The molecule has 182 valence electrons. The Morgan fingerprint density at radius 3 is 2.35 bits per heavy atom. The summed E-state index contributed by atoms with van der Waals surface area (Å²) in [6.07, 6.45) is 6.20. The highest BCUT2D eigenvalue weighted by atomic mass is 32.2. The van der Waals surface area contributed by atoms with E-state index in [4.69, 9.17) is 0 Å². The van der Waals surface area contributed by atoms with Gasteiger partial charge in [0.25, 0.3) is 10.0 Å². The number of carbonyl (C=O) groups is 1. The lowest BCUT2D eigenvalue weighted by atomic mass is 9.84. The third-order valence-electron chi connectivity index (χ3n) is 7.76. The van der Waals surface area contributed by atoms with Crippen molar-refractivity contribution in [2.45, 2.75) is 69.9 Å². The molecule has 0 radical (unpaired) electrons. The number of piperidine rings is 1. The number of benzene rings is 2. The molecule has 2 aromatic carbocycles. The molecule has 2 heterocycles. The van der Waals surface area contributed by atoms with E-state index >= 15 is 0 Å². The molecule has 1 saturated carbocycles. The van der Waals surface area contributed by atoms with Crippen molar-refractivity contribution in [2.75, 3.05) is 22.7 Å². The number of rotatable bonds is 6. The van der Waals surface area contributed by atoms with Gasteiger partial charge in [0.15, 0.2) is 0 Å². The van der Waals surface area contributed by atoms with Crippen LogP contribution in [0.15, 0.2) is 47.4 Å². The Morgan fingerprint density at radius 2 is 1.71 bits per heavy atom. The average molecular weight is 482 g/mol. The van der Waals surface area contributed by atoms with Crippen molar-refractivity contribution in [3.63, 3.8) is 0 Å². The summed E-state index contributed by atoms with van der Waals surface area (Å²) in [6.45, 7) is 7.49. The molecule has 1 saturated heterocycles. The maximum atomic E-state index is 13.1. The van der Waals surface area contributed by atoms with Crippen molar-refractivity contribution in [3.05, 3.63) is 53.6 Å². The van der Waals surface area contributed by atoms with Crippen LogP contribution < -0.4 is 9.62 Å². The number of likely N-dealkylation sites (tertiary alicyclic amines) is 1. The van der Waals surface area contributed by atoms with Gasteiger partial charge in [0.05, 0.1) is 4.90 Å². The molecule has 0 bridgehead atoms. The van der Waals surface area contributed by atoms with Crippen LogP contribution in [-0.2, 0) is 27.8 Å². The second-order valence-corrected chi connectivity index (χ2v) is 12.1. The number of sulfonamides is 1. The molecule has 5 rings (SSSR count). The SMILES string of the molecule is CC1CCN(Cc2ccc(NS(=O)(=O)c3ccc4c(c3)C[C@H](C)N4C(=O)C3CCC3)cc2)CC1. The van der Waals surface area contributed by atoms with Crippen LogP contribution in [-0.4, -0.2) is 38.4 Å². The van der Waals surface area contributed by atoms with Gasteiger partial charge in [0.1, 0.15) is 0 Å². The number of fused-ring (bicyclic) bond motifs is 1. The number of anilines is 2. The van der Waals surface area contributed by atoms with Crippen LogP contribution in [0.3, 0.4) is 0 Å². The van der Waals surface area contributed by atoms with Crippen molar-refractivity contribution in [1.29, 1.82) is 0 Å². The zero-order valence-corrected chi connectivity index (χ0v) is 21.0. The van der Waals surface area contributed by atoms with E-state index in [2.05, 4.69) is 16.5 Å². The molecule has 0 unspecified atom stereocenters. The van der Waals surface area contributed by atoms with Crippen LogP contribution >= 0.6 is 0 Å². The first-order chi connectivity index (χ1) is 16.3. The molecule has 3 aliphatic rings. The van der Waals surface area contributed by atoms with Crippen molar-refractivity contribution in [2.24, 2.45) is 11.8 Å². The van der Waals surface area contributed by atoms with Crippen molar-refractivity contribution < 1.29 is 13.2 Å². The normalized spacial score (nSPS) is 21.8. The number of amides is 1. The molecule has 2 aliphatic heterocycles. The molecule has 2 aromatic rings. The summed E-state index contributed by atoms with van der Waals surface area (Å²) in [5, 5.41) is 0. The molecule has 1 amide bonds. The van der Waals surface area contributed by atoms with Crippen LogP contribution in [0.1, 0.15) is 57.1 Å². The molecular weight excluding hydrogens is 446 g/mol. The average Bonchev–Trinajstić information content (AvgIpc) is 3.10. The number of carbonyl (C=O) groups excluding carboxylic acids is 1. The fourth-order valence-electron chi connectivity index (χ4n) is 5.33. The summed E-state index contributed by atoms with van der Waals surface area (Å²) < 4.78 is 28.9. The Kier molecular flexibility index (Phi) is 6.42. The number of nitrogens with one attached hydrogen (secondary N) is 1. The van der Waals surface area contributed by atoms with Gasteiger partial charge in [-0.25, -0.2) is 8.42 Å². The van der Waals surface area contributed by atoms with Crippen LogP contribution in [0.4, 0.5) is 11.4 Å². The third kappa shape index (κ3) is 4.73. The summed E-state index contributed by atoms with van der Waals surface area (Å²) in [5.41, 5.74) is 3.54. The highest BCUT2D eigenvalue weighted by Gasteiger charge is 2.37. The zero-order chi connectivity index (χ0) is 23.9. The Hall–Kier alpha value is -2.38. The van der Waals surface area contributed by atoms with Gasteiger partial charge >= 0.3 is 0 Å². The Morgan fingerprint density at radius 1 is 1.00 bits per heavy atom. The number of nitrogens with zero attached hydrogens (tertiary/aromatic N) is 2. The van der Waals surface area contributed by atoms with E-state index in [9.17, 15) is 13.2 Å². The molecule has 1 N–H and O–H groups in total. The smallest absolute Gasteiger partial charge is 0.261 e. The van der Waals surface area contributed by atoms with Crippen molar-refractivity contribution in [3.8, 4) is 0 Å². The van der Waals surface area contributed by atoms with Gasteiger partial charge in [-0.15, -0.1) is 0 Å². The van der Waals surface area contributed by atoms with E-state index < -0.39 is 10.0 Å². The molecule has 1 atom stereocenters.